The second-order valence-corrected chi connectivity index (χ2v) is 6.84. The SMILES string of the molecule is CNC(=O)c1cccc(Nc2ncnc(N3CCc4cc(C)ccc4C3)n2)c1. The van der Waals surface area contributed by atoms with Crippen LogP contribution in [0.5, 0.6) is 0 Å². The lowest BCUT2D eigenvalue weighted by molar-refractivity contribution is 0.0963. The largest absolute Gasteiger partial charge is 0.355 e. The lowest BCUT2D eigenvalue weighted by Gasteiger charge is -2.29. The number of benzene rings is 2. The average molecular weight is 374 g/mol. The molecule has 0 spiro atoms. The fourth-order valence-electron chi connectivity index (χ4n) is 3.36. The van der Waals surface area contributed by atoms with Gasteiger partial charge in [0.05, 0.1) is 0 Å². The Labute approximate surface area is 163 Å². The van der Waals surface area contributed by atoms with E-state index < -0.39 is 0 Å². The van der Waals surface area contributed by atoms with Crippen molar-refractivity contribution in [2.24, 2.45) is 0 Å². The highest BCUT2D eigenvalue weighted by atomic mass is 16.1. The minimum atomic E-state index is -0.137. The molecule has 28 heavy (non-hydrogen) atoms. The summed E-state index contributed by atoms with van der Waals surface area (Å²) in [5.74, 6) is 0.960. The Morgan fingerprint density at radius 1 is 1.11 bits per heavy atom. The topological polar surface area (TPSA) is 83.0 Å². The molecule has 2 N–H and O–H groups in total. The smallest absolute Gasteiger partial charge is 0.251 e. The minimum absolute atomic E-state index is 0.137. The third kappa shape index (κ3) is 3.78. The van der Waals surface area contributed by atoms with Crippen molar-refractivity contribution in [3.05, 3.63) is 71.0 Å². The van der Waals surface area contributed by atoms with Gasteiger partial charge in [-0.05, 0) is 42.7 Å². The van der Waals surface area contributed by atoms with Crippen molar-refractivity contribution < 1.29 is 4.79 Å². The highest BCUT2D eigenvalue weighted by Crippen LogP contribution is 2.24. The number of amides is 1. The van der Waals surface area contributed by atoms with Gasteiger partial charge in [0.15, 0.2) is 0 Å². The summed E-state index contributed by atoms with van der Waals surface area (Å²) in [6, 6.07) is 13.8. The van der Waals surface area contributed by atoms with Crippen molar-refractivity contribution in [1.82, 2.24) is 20.3 Å². The number of hydrogen-bond acceptors (Lipinski definition) is 6. The molecule has 1 aliphatic rings. The molecule has 2 heterocycles. The van der Waals surface area contributed by atoms with Gasteiger partial charge in [0.25, 0.3) is 5.91 Å². The van der Waals surface area contributed by atoms with Crippen LogP contribution >= 0.6 is 0 Å². The third-order valence-electron chi connectivity index (χ3n) is 4.82. The van der Waals surface area contributed by atoms with Crippen LogP contribution in [0.1, 0.15) is 27.0 Å². The van der Waals surface area contributed by atoms with E-state index in [9.17, 15) is 4.79 Å². The van der Waals surface area contributed by atoms with E-state index in [-0.39, 0.29) is 5.91 Å². The molecule has 1 aliphatic heterocycles. The van der Waals surface area contributed by atoms with Crippen LogP contribution in [0.4, 0.5) is 17.6 Å². The Hall–Kier alpha value is -3.48. The van der Waals surface area contributed by atoms with Gasteiger partial charge in [0.2, 0.25) is 11.9 Å². The fraction of sp³-hybridized carbons (Fsp3) is 0.238. The van der Waals surface area contributed by atoms with Gasteiger partial charge in [-0.25, -0.2) is 9.97 Å². The summed E-state index contributed by atoms with van der Waals surface area (Å²) in [7, 11) is 1.61. The standard InChI is InChI=1S/C21H22N6O/c1-14-6-7-17-12-27(9-8-15(17)10-14)21-24-13-23-20(26-21)25-18-5-3-4-16(11-18)19(28)22-2/h3-7,10-11,13H,8-9,12H2,1-2H3,(H,22,28)(H,23,24,25,26). The Balaban J connectivity index is 1.52. The monoisotopic (exact) mass is 374 g/mol. The molecule has 0 atom stereocenters. The summed E-state index contributed by atoms with van der Waals surface area (Å²) >= 11 is 0. The molecule has 2 aromatic carbocycles. The zero-order valence-corrected chi connectivity index (χ0v) is 15.9. The summed E-state index contributed by atoms with van der Waals surface area (Å²) in [6.07, 6.45) is 2.48. The number of aromatic nitrogens is 3. The summed E-state index contributed by atoms with van der Waals surface area (Å²) in [6.45, 7) is 3.77. The van der Waals surface area contributed by atoms with Crippen molar-refractivity contribution >= 4 is 23.5 Å². The predicted octanol–water partition coefficient (Wildman–Crippen LogP) is 2.85. The first-order valence-corrected chi connectivity index (χ1v) is 9.24. The van der Waals surface area contributed by atoms with E-state index in [2.05, 4.69) is 55.6 Å². The molecule has 1 aromatic heterocycles. The lowest BCUT2D eigenvalue weighted by Crippen LogP contribution is -2.32. The van der Waals surface area contributed by atoms with Crippen molar-refractivity contribution in [3.8, 4) is 0 Å². The summed E-state index contributed by atoms with van der Waals surface area (Å²) in [4.78, 5) is 27.1. The van der Waals surface area contributed by atoms with Crippen molar-refractivity contribution in [2.45, 2.75) is 19.9 Å². The van der Waals surface area contributed by atoms with Crippen LogP contribution in [0.15, 0.2) is 48.8 Å². The van der Waals surface area contributed by atoms with Gasteiger partial charge < -0.3 is 15.5 Å². The molecule has 0 aliphatic carbocycles. The third-order valence-corrected chi connectivity index (χ3v) is 4.82. The second kappa shape index (κ2) is 7.64. The molecule has 7 nitrogen and oxygen atoms in total. The van der Waals surface area contributed by atoms with E-state index in [0.29, 0.717) is 17.5 Å². The number of fused-ring (bicyclic) bond motifs is 1. The molecule has 7 heteroatoms. The van der Waals surface area contributed by atoms with Crippen LogP contribution in [0.25, 0.3) is 0 Å². The molecule has 1 amide bonds. The first-order chi connectivity index (χ1) is 13.6. The maximum Gasteiger partial charge on any atom is 0.251 e. The predicted molar refractivity (Wildman–Crippen MR) is 109 cm³/mol. The summed E-state index contributed by atoms with van der Waals surface area (Å²) < 4.78 is 0. The molecule has 3 aromatic rings. The van der Waals surface area contributed by atoms with Gasteiger partial charge in [-0.2, -0.15) is 4.98 Å². The molecule has 142 valence electrons. The minimum Gasteiger partial charge on any atom is -0.355 e. The maximum absolute atomic E-state index is 11.8. The van der Waals surface area contributed by atoms with Crippen LogP contribution in [0.3, 0.4) is 0 Å². The molecule has 0 saturated heterocycles. The highest BCUT2D eigenvalue weighted by Gasteiger charge is 2.19. The molecule has 0 radical (unpaired) electrons. The zero-order chi connectivity index (χ0) is 19.5. The molecule has 4 rings (SSSR count). The molecule has 0 saturated carbocycles. The van der Waals surface area contributed by atoms with Gasteiger partial charge in [-0.3, -0.25) is 4.79 Å². The van der Waals surface area contributed by atoms with Crippen molar-refractivity contribution in [2.75, 3.05) is 23.8 Å². The van der Waals surface area contributed by atoms with Gasteiger partial charge >= 0.3 is 0 Å². The van der Waals surface area contributed by atoms with Crippen LogP contribution in [-0.4, -0.2) is 34.5 Å². The molecular formula is C21H22N6O. The lowest BCUT2D eigenvalue weighted by atomic mass is 9.98. The Kier molecular flexibility index (Phi) is 4.89. The van der Waals surface area contributed by atoms with Crippen LogP contribution in [-0.2, 0) is 13.0 Å². The zero-order valence-electron chi connectivity index (χ0n) is 15.9. The highest BCUT2D eigenvalue weighted by molar-refractivity contribution is 5.95. The van der Waals surface area contributed by atoms with Crippen molar-refractivity contribution in [1.29, 1.82) is 0 Å². The first-order valence-electron chi connectivity index (χ1n) is 9.24. The van der Waals surface area contributed by atoms with Gasteiger partial charge in [0, 0.05) is 31.4 Å². The normalized spacial score (nSPS) is 13.0. The Morgan fingerprint density at radius 3 is 2.86 bits per heavy atom. The van der Waals surface area contributed by atoms with E-state index in [4.69, 9.17) is 0 Å². The van der Waals surface area contributed by atoms with E-state index in [1.807, 2.05) is 12.1 Å². The van der Waals surface area contributed by atoms with Crippen LogP contribution < -0.4 is 15.5 Å². The van der Waals surface area contributed by atoms with E-state index in [0.717, 1.165) is 25.2 Å². The van der Waals surface area contributed by atoms with Crippen molar-refractivity contribution in [3.63, 3.8) is 0 Å². The van der Waals surface area contributed by atoms with Gasteiger partial charge in [0.1, 0.15) is 6.33 Å². The molecular weight excluding hydrogens is 352 g/mol. The average Bonchev–Trinajstić information content (AvgIpc) is 2.73. The summed E-state index contributed by atoms with van der Waals surface area (Å²) in [5, 5.41) is 5.78. The summed E-state index contributed by atoms with van der Waals surface area (Å²) in [5.41, 5.74) is 5.32. The molecule has 0 unspecified atom stereocenters. The van der Waals surface area contributed by atoms with Crippen LogP contribution in [0, 0.1) is 6.92 Å². The fourth-order valence-corrected chi connectivity index (χ4v) is 3.36. The number of rotatable bonds is 4. The number of hydrogen-bond donors (Lipinski definition) is 2. The number of nitrogens with zero attached hydrogens (tertiary/aromatic N) is 4. The maximum atomic E-state index is 11.8. The van der Waals surface area contributed by atoms with E-state index >= 15 is 0 Å². The Bertz CT molecular complexity index is 1020. The number of aryl methyl sites for hydroxylation is 1. The number of anilines is 3. The molecule has 0 fully saturated rings. The number of nitrogens with one attached hydrogen (secondary N) is 2. The quantitative estimate of drug-likeness (QED) is 0.731. The second-order valence-electron chi connectivity index (χ2n) is 6.84. The molecule has 0 bridgehead atoms. The van der Waals surface area contributed by atoms with Crippen LogP contribution in [0.2, 0.25) is 0 Å². The van der Waals surface area contributed by atoms with Gasteiger partial charge in [-0.1, -0.05) is 29.8 Å². The number of carbonyl (C=O) groups excluding carboxylic acids is 1. The van der Waals surface area contributed by atoms with Gasteiger partial charge in [-0.15, -0.1) is 0 Å². The first kappa shape index (κ1) is 17.9. The Morgan fingerprint density at radius 2 is 2.00 bits per heavy atom. The van der Waals surface area contributed by atoms with E-state index in [1.165, 1.54) is 23.0 Å². The van der Waals surface area contributed by atoms with E-state index in [1.54, 1.807) is 19.2 Å². The number of carbonyl (C=O) groups is 1.